The lowest BCUT2D eigenvalue weighted by Gasteiger charge is -2.43. The summed E-state index contributed by atoms with van der Waals surface area (Å²) in [6, 6.07) is 1.72. The van der Waals surface area contributed by atoms with Crippen LogP contribution in [0.2, 0.25) is 0 Å². The van der Waals surface area contributed by atoms with Crippen LogP contribution in [-0.2, 0) is 9.47 Å². The van der Waals surface area contributed by atoms with Crippen LogP contribution in [0.4, 0.5) is 0 Å². The zero-order chi connectivity index (χ0) is 13.8. The molecule has 2 unspecified atom stereocenters. The van der Waals surface area contributed by atoms with Crippen LogP contribution in [0.1, 0.15) is 34.1 Å². The molecule has 0 radical (unpaired) electrons. The fraction of sp³-hybridized carbons (Fsp3) is 1.00. The zero-order valence-corrected chi connectivity index (χ0v) is 13.0. The van der Waals surface area contributed by atoms with Crippen molar-refractivity contribution in [3.8, 4) is 0 Å². The van der Waals surface area contributed by atoms with Crippen LogP contribution in [0.25, 0.3) is 0 Å². The number of ether oxygens (including phenoxy) is 2. The zero-order valence-electron chi connectivity index (χ0n) is 13.0. The molecule has 2 fully saturated rings. The number of rotatable bonds is 4. The molecule has 2 rings (SSSR count). The Morgan fingerprint density at radius 2 is 1.74 bits per heavy atom. The Bertz CT molecular complexity index is 267. The topological polar surface area (TPSA) is 24.9 Å². The smallest absolute Gasteiger partial charge is 0.0743 e. The first-order valence-corrected chi connectivity index (χ1v) is 7.78. The predicted octanol–water partition coefficient (Wildman–Crippen LogP) is 1.59. The fourth-order valence-corrected chi connectivity index (χ4v) is 3.36. The lowest BCUT2D eigenvalue weighted by atomic mass is 9.99. The largest absolute Gasteiger partial charge is 0.379 e. The van der Waals surface area contributed by atoms with Gasteiger partial charge in [-0.1, -0.05) is 0 Å². The van der Waals surface area contributed by atoms with Crippen molar-refractivity contribution in [2.45, 2.75) is 58.3 Å². The fourth-order valence-electron chi connectivity index (χ4n) is 3.36. The van der Waals surface area contributed by atoms with Crippen molar-refractivity contribution in [2.75, 3.05) is 39.5 Å². The minimum Gasteiger partial charge on any atom is -0.379 e. The van der Waals surface area contributed by atoms with E-state index in [1.165, 1.54) is 0 Å². The Hall–Kier alpha value is -0.160. The molecule has 3 atom stereocenters. The molecule has 0 bridgehead atoms. The van der Waals surface area contributed by atoms with Crippen molar-refractivity contribution in [1.82, 2.24) is 9.80 Å². The molecule has 0 amide bonds. The van der Waals surface area contributed by atoms with E-state index in [-0.39, 0.29) is 0 Å². The third-order valence-electron chi connectivity index (χ3n) is 4.65. The Kier molecular flexibility index (Phi) is 5.63. The van der Waals surface area contributed by atoms with Crippen molar-refractivity contribution in [3.63, 3.8) is 0 Å². The lowest BCUT2D eigenvalue weighted by molar-refractivity contribution is -0.0899. The van der Waals surface area contributed by atoms with E-state index in [9.17, 15) is 0 Å². The molecule has 0 aromatic carbocycles. The maximum absolute atomic E-state index is 6.03. The highest BCUT2D eigenvalue weighted by Crippen LogP contribution is 2.22. The number of hydrogen-bond donors (Lipinski definition) is 0. The lowest BCUT2D eigenvalue weighted by Crippen LogP contribution is -2.54. The first-order valence-electron chi connectivity index (χ1n) is 7.78. The molecule has 0 spiro atoms. The van der Waals surface area contributed by atoms with Gasteiger partial charge < -0.3 is 9.47 Å². The molecule has 2 aliphatic rings. The minimum atomic E-state index is 0.369. The van der Waals surface area contributed by atoms with Gasteiger partial charge in [-0.25, -0.2) is 0 Å². The third kappa shape index (κ3) is 3.91. The quantitative estimate of drug-likeness (QED) is 0.774. The van der Waals surface area contributed by atoms with Crippen LogP contribution in [-0.4, -0.2) is 73.5 Å². The van der Waals surface area contributed by atoms with Gasteiger partial charge in [0.2, 0.25) is 0 Å². The van der Waals surface area contributed by atoms with Crippen molar-refractivity contribution >= 4 is 0 Å². The van der Waals surface area contributed by atoms with Gasteiger partial charge in [0.05, 0.1) is 25.9 Å². The second kappa shape index (κ2) is 7.02. The molecular weight excluding hydrogens is 240 g/mol. The standard InChI is InChI=1S/C15H30N2O2/c1-12(2)17-7-10-19-15(14(17)4)11-13(3)16-5-8-18-9-6-16/h12-15H,5-11H2,1-4H3/t13?,14-,15?/m1/s1. The second-order valence-corrected chi connectivity index (χ2v) is 6.21. The molecule has 4 heteroatoms. The second-order valence-electron chi connectivity index (χ2n) is 6.21. The van der Waals surface area contributed by atoms with E-state index in [2.05, 4.69) is 37.5 Å². The first kappa shape index (κ1) is 15.2. The number of morpholine rings is 2. The Labute approximate surface area is 118 Å². The van der Waals surface area contributed by atoms with E-state index >= 15 is 0 Å². The van der Waals surface area contributed by atoms with Gasteiger partial charge >= 0.3 is 0 Å². The van der Waals surface area contributed by atoms with Gasteiger partial charge in [0.25, 0.3) is 0 Å². The summed E-state index contributed by atoms with van der Waals surface area (Å²) in [5.74, 6) is 0. The van der Waals surface area contributed by atoms with Crippen LogP contribution < -0.4 is 0 Å². The predicted molar refractivity (Wildman–Crippen MR) is 77.5 cm³/mol. The summed E-state index contributed by atoms with van der Waals surface area (Å²) < 4.78 is 11.5. The van der Waals surface area contributed by atoms with Crippen molar-refractivity contribution < 1.29 is 9.47 Å². The van der Waals surface area contributed by atoms with Crippen LogP contribution in [0.3, 0.4) is 0 Å². The minimum absolute atomic E-state index is 0.369. The molecule has 0 aromatic heterocycles. The summed E-state index contributed by atoms with van der Waals surface area (Å²) in [6.45, 7) is 15.0. The van der Waals surface area contributed by atoms with Crippen LogP contribution in [0.5, 0.6) is 0 Å². The van der Waals surface area contributed by atoms with Gasteiger partial charge in [-0.3, -0.25) is 9.80 Å². The van der Waals surface area contributed by atoms with Crippen LogP contribution >= 0.6 is 0 Å². The molecular formula is C15H30N2O2. The van der Waals surface area contributed by atoms with E-state index < -0.39 is 0 Å². The average molecular weight is 270 g/mol. The van der Waals surface area contributed by atoms with Gasteiger partial charge in [0, 0.05) is 37.8 Å². The molecule has 0 aliphatic carbocycles. The molecule has 0 aromatic rings. The van der Waals surface area contributed by atoms with E-state index in [4.69, 9.17) is 9.47 Å². The highest BCUT2D eigenvalue weighted by molar-refractivity contribution is 4.85. The van der Waals surface area contributed by atoms with E-state index in [0.29, 0.717) is 24.2 Å². The van der Waals surface area contributed by atoms with Gasteiger partial charge in [-0.2, -0.15) is 0 Å². The van der Waals surface area contributed by atoms with Crippen LogP contribution in [0.15, 0.2) is 0 Å². The monoisotopic (exact) mass is 270 g/mol. The molecule has 2 saturated heterocycles. The summed E-state index contributed by atoms with van der Waals surface area (Å²) in [6.07, 6.45) is 1.50. The molecule has 19 heavy (non-hydrogen) atoms. The highest BCUT2D eigenvalue weighted by Gasteiger charge is 2.32. The molecule has 2 heterocycles. The van der Waals surface area contributed by atoms with Gasteiger partial charge in [-0.15, -0.1) is 0 Å². The summed E-state index contributed by atoms with van der Waals surface area (Å²) in [5.41, 5.74) is 0. The number of nitrogens with zero attached hydrogens (tertiary/aromatic N) is 2. The maximum Gasteiger partial charge on any atom is 0.0743 e. The summed E-state index contributed by atoms with van der Waals surface area (Å²) >= 11 is 0. The molecule has 2 aliphatic heterocycles. The van der Waals surface area contributed by atoms with Gasteiger partial charge in [0.15, 0.2) is 0 Å². The highest BCUT2D eigenvalue weighted by atomic mass is 16.5. The van der Waals surface area contributed by atoms with Gasteiger partial charge in [0.1, 0.15) is 0 Å². The number of hydrogen-bond acceptors (Lipinski definition) is 4. The third-order valence-corrected chi connectivity index (χ3v) is 4.65. The normalized spacial score (nSPS) is 32.7. The molecule has 112 valence electrons. The van der Waals surface area contributed by atoms with E-state index in [0.717, 1.165) is 45.9 Å². The summed E-state index contributed by atoms with van der Waals surface area (Å²) in [4.78, 5) is 5.11. The average Bonchev–Trinajstić information content (AvgIpc) is 2.41. The molecule has 0 N–H and O–H groups in total. The first-order chi connectivity index (χ1) is 9.09. The SMILES string of the molecule is CC(CC1OCCN(C(C)C)[C@@H]1C)N1CCOCC1. The van der Waals surface area contributed by atoms with Crippen molar-refractivity contribution in [1.29, 1.82) is 0 Å². The Morgan fingerprint density at radius 1 is 1.05 bits per heavy atom. The van der Waals surface area contributed by atoms with E-state index in [1.54, 1.807) is 0 Å². The molecule has 0 saturated carbocycles. The summed E-state index contributed by atoms with van der Waals surface area (Å²) in [7, 11) is 0. The summed E-state index contributed by atoms with van der Waals surface area (Å²) in [5, 5.41) is 0. The Morgan fingerprint density at radius 3 is 2.37 bits per heavy atom. The van der Waals surface area contributed by atoms with Crippen molar-refractivity contribution in [2.24, 2.45) is 0 Å². The Balaban J connectivity index is 1.86. The maximum atomic E-state index is 6.03. The van der Waals surface area contributed by atoms with Crippen molar-refractivity contribution in [3.05, 3.63) is 0 Å². The molecule has 4 nitrogen and oxygen atoms in total. The van der Waals surface area contributed by atoms with Crippen LogP contribution in [0, 0.1) is 0 Å². The van der Waals surface area contributed by atoms with Gasteiger partial charge in [-0.05, 0) is 34.1 Å². The van der Waals surface area contributed by atoms with E-state index in [1.807, 2.05) is 0 Å².